The number of hydrogen-bond acceptors (Lipinski definition) is 2. The first-order chi connectivity index (χ1) is 7.04. The molecule has 2 nitrogen and oxygen atoms in total. The van der Waals surface area contributed by atoms with Gasteiger partial charge >= 0.3 is 0 Å². The predicted molar refractivity (Wildman–Crippen MR) is 57.5 cm³/mol. The van der Waals surface area contributed by atoms with Crippen LogP contribution < -0.4 is 10.5 Å². The van der Waals surface area contributed by atoms with Crippen LogP contribution in [0, 0.1) is 12.7 Å². The zero-order chi connectivity index (χ0) is 11.1. The molecule has 3 heteroatoms. The molecule has 2 N–H and O–H groups in total. The third-order valence-corrected chi connectivity index (χ3v) is 3.00. The molecular weight excluding hydrogens is 193 g/mol. The van der Waals surface area contributed by atoms with E-state index in [1.165, 1.54) is 6.07 Å². The third-order valence-electron chi connectivity index (χ3n) is 3.00. The average molecular weight is 209 g/mol. The lowest BCUT2D eigenvalue weighted by molar-refractivity contribution is 0.407. The van der Waals surface area contributed by atoms with Crippen molar-refractivity contribution in [2.24, 2.45) is 5.73 Å². The molecule has 1 fully saturated rings. The largest absolute Gasteiger partial charge is 0.496 e. The van der Waals surface area contributed by atoms with Crippen molar-refractivity contribution in [2.75, 3.05) is 7.11 Å². The molecule has 82 valence electrons. The van der Waals surface area contributed by atoms with Gasteiger partial charge in [0, 0.05) is 11.6 Å². The van der Waals surface area contributed by atoms with Gasteiger partial charge in [-0.05, 0) is 43.4 Å². The first-order valence-corrected chi connectivity index (χ1v) is 5.16. The van der Waals surface area contributed by atoms with Crippen molar-refractivity contribution in [3.05, 3.63) is 29.1 Å². The maximum absolute atomic E-state index is 13.6. The Bertz CT molecular complexity index is 385. The van der Waals surface area contributed by atoms with E-state index in [4.69, 9.17) is 10.5 Å². The number of hydrogen-bond donors (Lipinski definition) is 1. The third kappa shape index (κ3) is 2.12. The lowest BCUT2D eigenvalue weighted by Gasteiger charge is -2.12. The van der Waals surface area contributed by atoms with Gasteiger partial charge in [0.15, 0.2) is 0 Å². The van der Waals surface area contributed by atoms with E-state index in [0.717, 1.165) is 18.4 Å². The Morgan fingerprint density at radius 3 is 2.67 bits per heavy atom. The van der Waals surface area contributed by atoms with Crippen LogP contribution in [0.5, 0.6) is 5.75 Å². The summed E-state index contributed by atoms with van der Waals surface area (Å²) in [6.45, 7) is 1.91. The van der Waals surface area contributed by atoms with Crippen molar-refractivity contribution in [1.82, 2.24) is 0 Å². The zero-order valence-electron chi connectivity index (χ0n) is 9.14. The molecule has 0 spiro atoms. The van der Waals surface area contributed by atoms with Crippen LogP contribution in [0.1, 0.15) is 24.0 Å². The van der Waals surface area contributed by atoms with Gasteiger partial charge in [-0.15, -0.1) is 0 Å². The molecule has 1 aliphatic carbocycles. The highest BCUT2D eigenvalue weighted by molar-refractivity contribution is 5.38. The van der Waals surface area contributed by atoms with Crippen molar-refractivity contribution < 1.29 is 9.13 Å². The van der Waals surface area contributed by atoms with Gasteiger partial charge in [-0.1, -0.05) is 0 Å². The second-order valence-electron chi connectivity index (χ2n) is 4.45. The van der Waals surface area contributed by atoms with Gasteiger partial charge < -0.3 is 10.5 Å². The summed E-state index contributed by atoms with van der Waals surface area (Å²) in [7, 11) is 1.55. The van der Waals surface area contributed by atoms with Crippen LogP contribution in [-0.4, -0.2) is 12.6 Å². The quantitative estimate of drug-likeness (QED) is 0.828. The first kappa shape index (κ1) is 10.4. The van der Waals surface area contributed by atoms with Gasteiger partial charge in [0.25, 0.3) is 0 Å². The normalized spacial score (nSPS) is 17.6. The minimum Gasteiger partial charge on any atom is -0.496 e. The summed E-state index contributed by atoms with van der Waals surface area (Å²) in [5, 5.41) is 0. The Labute approximate surface area is 89.2 Å². The molecule has 0 amide bonds. The SMILES string of the molecule is COc1cc(F)c(CC2(N)CC2)cc1C. The monoisotopic (exact) mass is 209 g/mol. The second-order valence-corrected chi connectivity index (χ2v) is 4.45. The van der Waals surface area contributed by atoms with Gasteiger partial charge in [0.2, 0.25) is 0 Å². The van der Waals surface area contributed by atoms with Crippen LogP contribution in [0.3, 0.4) is 0 Å². The van der Waals surface area contributed by atoms with E-state index in [1.807, 2.05) is 13.0 Å². The van der Waals surface area contributed by atoms with Crippen LogP contribution in [0.4, 0.5) is 4.39 Å². The van der Waals surface area contributed by atoms with Crippen LogP contribution in [-0.2, 0) is 6.42 Å². The molecule has 0 atom stereocenters. The molecule has 1 aromatic carbocycles. The van der Waals surface area contributed by atoms with Gasteiger partial charge in [-0.25, -0.2) is 4.39 Å². The van der Waals surface area contributed by atoms with Crippen molar-refractivity contribution in [1.29, 1.82) is 0 Å². The smallest absolute Gasteiger partial charge is 0.130 e. The molecule has 0 heterocycles. The van der Waals surface area contributed by atoms with Crippen molar-refractivity contribution in [3.8, 4) is 5.75 Å². The lowest BCUT2D eigenvalue weighted by atomic mass is 10.0. The van der Waals surface area contributed by atoms with E-state index in [9.17, 15) is 4.39 Å². The topological polar surface area (TPSA) is 35.2 Å². The highest BCUT2D eigenvalue weighted by atomic mass is 19.1. The Morgan fingerprint density at radius 2 is 2.13 bits per heavy atom. The molecular formula is C12H16FNO. The number of nitrogens with two attached hydrogens (primary N) is 1. The number of halogens is 1. The number of methoxy groups -OCH3 is 1. The summed E-state index contributed by atoms with van der Waals surface area (Å²) < 4.78 is 18.7. The highest BCUT2D eigenvalue weighted by Crippen LogP contribution is 2.37. The second kappa shape index (κ2) is 3.49. The van der Waals surface area contributed by atoms with E-state index in [-0.39, 0.29) is 11.4 Å². The predicted octanol–water partition coefficient (Wildman–Crippen LogP) is 2.18. The van der Waals surface area contributed by atoms with Gasteiger partial charge in [0.05, 0.1) is 7.11 Å². The van der Waals surface area contributed by atoms with Gasteiger partial charge in [0.1, 0.15) is 11.6 Å². The highest BCUT2D eigenvalue weighted by Gasteiger charge is 2.38. The summed E-state index contributed by atoms with van der Waals surface area (Å²) in [5.41, 5.74) is 7.48. The Balaban J connectivity index is 2.28. The van der Waals surface area contributed by atoms with Gasteiger partial charge in [-0.3, -0.25) is 0 Å². The van der Waals surface area contributed by atoms with E-state index in [0.29, 0.717) is 17.7 Å². The van der Waals surface area contributed by atoms with Crippen LogP contribution in [0.15, 0.2) is 12.1 Å². The summed E-state index contributed by atoms with van der Waals surface area (Å²) in [4.78, 5) is 0. The summed E-state index contributed by atoms with van der Waals surface area (Å²) >= 11 is 0. The molecule has 0 unspecified atom stereocenters. The fourth-order valence-electron chi connectivity index (χ4n) is 1.80. The van der Waals surface area contributed by atoms with Crippen LogP contribution in [0.25, 0.3) is 0 Å². The standard InChI is InChI=1S/C12H16FNO/c1-8-5-9(7-12(14)3-4-12)10(13)6-11(8)15-2/h5-6H,3-4,7,14H2,1-2H3. The van der Waals surface area contributed by atoms with E-state index in [2.05, 4.69) is 0 Å². The number of ether oxygens (including phenoxy) is 1. The van der Waals surface area contributed by atoms with Crippen molar-refractivity contribution in [2.45, 2.75) is 31.7 Å². The maximum atomic E-state index is 13.6. The maximum Gasteiger partial charge on any atom is 0.130 e. The Kier molecular flexibility index (Phi) is 2.43. The summed E-state index contributed by atoms with van der Waals surface area (Å²) in [5.74, 6) is 0.382. The average Bonchev–Trinajstić information content (AvgIpc) is 2.89. The van der Waals surface area contributed by atoms with E-state index in [1.54, 1.807) is 7.11 Å². The summed E-state index contributed by atoms with van der Waals surface area (Å²) in [6, 6.07) is 3.28. The molecule has 1 saturated carbocycles. The Morgan fingerprint density at radius 1 is 1.47 bits per heavy atom. The number of benzene rings is 1. The first-order valence-electron chi connectivity index (χ1n) is 5.16. The Hall–Kier alpha value is -1.09. The van der Waals surface area contributed by atoms with Crippen molar-refractivity contribution in [3.63, 3.8) is 0 Å². The molecule has 0 bridgehead atoms. The molecule has 15 heavy (non-hydrogen) atoms. The number of aryl methyl sites for hydroxylation is 1. The van der Waals surface area contributed by atoms with Crippen LogP contribution in [0.2, 0.25) is 0 Å². The molecule has 0 radical (unpaired) electrons. The molecule has 1 aromatic rings. The molecule has 0 aromatic heterocycles. The number of rotatable bonds is 3. The molecule has 0 aliphatic heterocycles. The molecule has 1 aliphatic rings. The van der Waals surface area contributed by atoms with Crippen LogP contribution >= 0.6 is 0 Å². The molecule has 0 saturated heterocycles. The minimum atomic E-state index is -0.214. The van der Waals surface area contributed by atoms with E-state index < -0.39 is 0 Å². The van der Waals surface area contributed by atoms with Crippen molar-refractivity contribution >= 4 is 0 Å². The minimum absolute atomic E-state index is 0.151. The van der Waals surface area contributed by atoms with Gasteiger partial charge in [-0.2, -0.15) is 0 Å². The fourth-order valence-corrected chi connectivity index (χ4v) is 1.80. The van der Waals surface area contributed by atoms with E-state index >= 15 is 0 Å². The zero-order valence-corrected chi connectivity index (χ0v) is 9.14. The lowest BCUT2D eigenvalue weighted by Crippen LogP contribution is -2.25. The molecule has 2 rings (SSSR count). The fraction of sp³-hybridized carbons (Fsp3) is 0.500. The summed E-state index contributed by atoms with van der Waals surface area (Å²) in [6.07, 6.45) is 2.62.